The summed E-state index contributed by atoms with van der Waals surface area (Å²) < 4.78 is 1.21. The number of benzene rings is 1. The van der Waals surface area contributed by atoms with Crippen molar-refractivity contribution in [3.63, 3.8) is 0 Å². The summed E-state index contributed by atoms with van der Waals surface area (Å²) in [6.07, 6.45) is 2.74. The van der Waals surface area contributed by atoms with Crippen molar-refractivity contribution in [1.29, 1.82) is 0 Å². The molecule has 3 heteroatoms. The van der Waals surface area contributed by atoms with Gasteiger partial charge in [0.05, 0.1) is 10.2 Å². The highest BCUT2D eigenvalue weighted by molar-refractivity contribution is 7.17. The van der Waals surface area contributed by atoms with Gasteiger partial charge in [-0.05, 0) is 42.0 Å². The Labute approximate surface area is 116 Å². The molecule has 96 valence electrons. The van der Waals surface area contributed by atoms with Crippen molar-refractivity contribution in [3.05, 3.63) is 64.7 Å². The lowest BCUT2D eigenvalue weighted by Crippen LogP contribution is -2.13. The SMILES string of the molecule is Cc1ccc(CC(N)c2cnc3ccsc3c2)cc1. The minimum absolute atomic E-state index is 0.00158. The van der Waals surface area contributed by atoms with Gasteiger partial charge in [-0.25, -0.2) is 0 Å². The Kier molecular flexibility index (Phi) is 3.32. The Morgan fingerprint density at radius 2 is 2.00 bits per heavy atom. The van der Waals surface area contributed by atoms with Gasteiger partial charge in [-0.3, -0.25) is 4.98 Å². The van der Waals surface area contributed by atoms with E-state index in [9.17, 15) is 0 Å². The van der Waals surface area contributed by atoms with E-state index >= 15 is 0 Å². The maximum atomic E-state index is 6.29. The molecule has 1 unspecified atom stereocenters. The van der Waals surface area contributed by atoms with Gasteiger partial charge in [-0.2, -0.15) is 0 Å². The molecule has 0 fully saturated rings. The summed E-state index contributed by atoms with van der Waals surface area (Å²) in [5, 5.41) is 2.06. The van der Waals surface area contributed by atoms with Crippen molar-refractivity contribution in [2.75, 3.05) is 0 Å². The molecule has 19 heavy (non-hydrogen) atoms. The van der Waals surface area contributed by atoms with Gasteiger partial charge in [0.25, 0.3) is 0 Å². The van der Waals surface area contributed by atoms with Crippen LogP contribution in [-0.4, -0.2) is 4.98 Å². The van der Waals surface area contributed by atoms with E-state index in [-0.39, 0.29) is 6.04 Å². The summed E-state index contributed by atoms with van der Waals surface area (Å²) in [6, 6.07) is 12.7. The van der Waals surface area contributed by atoms with Crippen LogP contribution in [-0.2, 0) is 6.42 Å². The van der Waals surface area contributed by atoms with Crippen molar-refractivity contribution in [1.82, 2.24) is 4.98 Å². The largest absolute Gasteiger partial charge is 0.324 e. The number of aromatic nitrogens is 1. The van der Waals surface area contributed by atoms with E-state index in [4.69, 9.17) is 5.73 Å². The highest BCUT2D eigenvalue weighted by Crippen LogP contribution is 2.23. The molecule has 0 spiro atoms. The van der Waals surface area contributed by atoms with Crippen LogP contribution in [0.5, 0.6) is 0 Å². The molecule has 0 aliphatic heterocycles. The molecule has 0 saturated carbocycles. The average molecular weight is 268 g/mol. The third-order valence-corrected chi connectivity index (χ3v) is 4.18. The van der Waals surface area contributed by atoms with Gasteiger partial charge >= 0.3 is 0 Å². The molecular weight excluding hydrogens is 252 g/mol. The molecule has 3 rings (SSSR count). The lowest BCUT2D eigenvalue weighted by atomic mass is 10.0. The zero-order chi connectivity index (χ0) is 13.2. The standard InChI is InChI=1S/C16H16N2S/c1-11-2-4-12(5-3-11)8-14(17)13-9-16-15(18-10-13)6-7-19-16/h2-7,9-10,14H,8,17H2,1H3. The van der Waals surface area contributed by atoms with Crippen molar-refractivity contribution in [2.45, 2.75) is 19.4 Å². The van der Waals surface area contributed by atoms with Gasteiger partial charge < -0.3 is 5.73 Å². The first kappa shape index (κ1) is 12.3. The molecule has 0 aliphatic carbocycles. The summed E-state index contributed by atoms with van der Waals surface area (Å²) in [4.78, 5) is 4.45. The Bertz CT molecular complexity index is 685. The predicted molar refractivity (Wildman–Crippen MR) is 81.4 cm³/mol. The van der Waals surface area contributed by atoms with Crippen LogP contribution in [0.3, 0.4) is 0 Å². The van der Waals surface area contributed by atoms with E-state index in [0.29, 0.717) is 0 Å². The first-order chi connectivity index (χ1) is 9.22. The van der Waals surface area contributed by atoms with Crippen LogP contribution in [0.15, 0.2) is 48.0 Å². The topological polar surface area (TPSA) is 38.9 Å². The van der Waals surface area contributed by atoms with Crippen LogP contribution < -0.4 is 5.73 Å². The second kappa shape index (κ2) is 5.11. The minimum atomic E-state index is 0.00158. The first-order valence-electron chi connectivity index (χ1n) is 6.36. The van der Waals surface area contributed by atoms with E-state index in [1.165, 1.54) is 15.8 Å². The molecule has 2 aromatic heterocycles. The van der Waals surface area contributed by atoms with Gasteiger partial charge in [-0.15, -0.1) is 11.3 Å². The monoisotopic (exact) mass is 268 g/mol. The number of pyridine rings is 1. The predicted octanol–water partition coefficient (Wildman–Crippen LogP) is 3.85. The van der Waals surface area contributed by atoms with Gasteiger partial charge in [0, 0.05) is 12.2 Å². The Morgan fingerprint density at radius 3 is 2.79 bits per heavy atom. The molecule has 0 saturated heterocycles. The minimum Gasteiger partial charge on any atom is -0.324 e. The van der Waals surface area contributed by atoms with Crippen LogP contribution in [0.1, 0.15) is 22.7 Å². The first-order valence-corrected chi connectivity index (χ1v) is 7.24. The lowest BCUT2D eigenvalue weighted by Gasteiger charge is -2.12. The molecule has 1 aromatic carbocycles. The molecule has 0 radical (unpaired) electrons. The van der Waals surface area contributed by atoms with Crippen LogP contribution in [0.4, 0.5) is 0 Å². The lowest BCUT2D eigenvalue weighted by molar-refractivity contribution is 0.720. The fraction of sp³-hybridized carbons (Fsp3) is 0.188. The molecular formula is C16H16N2S. The van der Waals surface area contributed by atoms with Crippen LogP contribution >= 0.6 is 11.3 Å². The average Bonchev–Trinajstić information content (AvgIpc) is 2.88. The normalized spacial score (nSPS) is 12.7. The summed E-state index contributed by atoms with van der Waals surface area (Å²) >= 11 is 1.71. The quantitative estimate of drug-likeness (QED) is 0.783. The van der Waals surface area contributed by atoms with Gasteiger partial charge in [0.2, 0.25) is 0 Å². The third kappa shape index (κ3) is 2.67. The maximum absolute atomic E-state index is 6.29. The zero-order valence-electron chi connectivity index (χ0n) is 10.8. The summed E-state index contributed by atoms with van der Waals surface area (Å²) in [5.41, 5.74) is 11.0. The number of hydrogen-bond donors (Lipinski definition) is 1. The molecule has 2 heterocycles. The van der Waals surface area contributed by atoms with Crippen molar-refractivity contribution in [3.8, 4) is 0 Å². The Balaban J connectivity index is 1.82. The van der Waals surface area contributed by atoms with Crippen molar-refractivity contribution < 1.29 is 0 Å². The van der Waals surface area contributed by atoms with Gasteiger partial charge in [0.15, 0.2) is 0 Å². The molecule has 2 nitrogen and oxygen atoms in total. The van der Waals surface area contributed by atoms with Gasteiger partial charge in [-0.1, -0.05) is 29.8 Å². The number of nitrogens with two attached hydrogens (primary N) is 1. The maximum Gasteiger partial charge on any atom is 0.0809 e. The van der Waals surface area contributed by atoms with E-state index < -0.39 is 0 Å². The summed E-state index contributed by atoms with van der Waals surface area (Å²) in [6.45, 7) is 2.10. The number of rotatable bonds is 3. The highest BCUT2D eigenvalue weighted by atomic mass is 32.1. The van der Waals surface area contributed by atoms with Crippen LogP contribution in [0.2, 0.25) is 0 Å². The van der Waals surface area contributed by atoms with Crippen LogP contribution in [0.25, 0.3) is 10.2 Å². The fourth-order valence-corrected chi connectivity index (χ4v) is 2.95. The van der Waals surface area contributed by atoms with E-state index in [1.54, 1.807) is 11.3 Å². The molecule has 0 bridgehead atoms. The van der Waals surface area contributed by atoms with E-state index in [0.717, 1.165) is 17.5 Å². The van der Waals surface area contributed by atoms with Crippen molar-refractivity contribution in [2.24, 2.45) is 5.73 Å². The smallest absolute Gasteiger partial charge is 0.0809 e. The summed E-state index contributed by atoms with van der Waals surface area (Å²) in [5.74, 6) is 0. The third-order valence-electron chi connectivity index (χ3n) is 3.33. The number of hydrogen-bond acceptors (Lipinski definition) is 3. The number of nitrogens with zero attached hydrogens (tertiary/aromatic N) is 1. The number of aryl methyl sites for hydroxylation is 1. The number of fused-ring (bicyclic) bond motifs is 1. The Hall–Kier alpha value is -1.71. The zero-order valence-corrected chi connectivity index (χ0v) is 11.7. The van der Waals surface area contributed by atoms with E-state index in [2.05, 4.69) is 47.6 Å². The molecule has 2 N–H and O–H groups in total. The fourth-order valence-electron chi connectivity index (χ4n) is 2.16. The Morgan fingerprint density at radius 1 is 1.21 bits per heavy atom. The molecule has 3 aromatic rings. The van der Waals surface area contributed by atoms with Crippen LogP contribution in [0, 0.1) is 6.92 Å². The second-order valence-electron chi connectivity index (χ2n) is 4.87. The van der Waals surface area contributed by atoms with E-state index in [1.807, 2.05) is 12.3 Å². The highest BCUT2D eigenvalue weighted by Gasteiger charge is 2.09. The molecule has 0 aliphatic rings. The summed E-state index contributed by atoms with van der Waals surface area (Å²) in [7, 11) is 0. The number of thiophene rings is 1. The molecule has 1 atom stereocenters. The van der Waals surface area contributed by atoms with Gasteiger partial charge in [0.1, 0.15) is 0 Å². The molecule has 0 amide bonds. The van der Waals surface area contributed by atoms with Crippen molar-refractivity contribution >= 4 is 21.6 Å². The second-order valence-corrected chi connectivity index (χ2v) is 5.82.